The van der Waals surface area contributed by atoms with Gasteiger partial charge in [0, 0.05) is 45.0 Å². The minimum atomic E-state index is -0.397. The summed E-state index contributed by atoms with van der Waals surface area (Å²) < 4.78 is 11.5. The minimum Gasteiger partial charge on any atom is -0.497 e. The maximum Gasteiger partial charge on any atom is 0.328 e. The first kappa shape index (κ1) is 17.4. The zero-order chi connectivity index (χ0) is 18.8. The van der Waals surface area contributed by atoms with Crippen LogP contribution in [0.1, 0.15) is 0 Å². The molecule has 1 aliphatic rings. The van der Waals surface area contributed by atoms with Crippen LogP contribution in [0.3, 0.4) is 0 Å². The molecule has 1 aliphatic heterocycles. The first-order valence-corrected chi connectivity index (χ1v) is 8.96. The lowest BCUT2D eigenvalue weighted by molar-refractivity contribution is 0.246. The lowest BCUT2D eigenvalue weighted by atomic mass is 10.2. The topological polar surface area (TPSA) is 83.7 Å². The highest BCUT2D eigenvalue weighted by Crippen LogP contribution is 2.20. The summed E-state index contributed by atoms with van der Waals surface area (Å²) in [5.41, 5.74) is 0.910. The predicted octanol–water partition coefficient (Wildman–Crippen LogP) is 1.11. The van der Waals surface area contributed by atoms with E-state index in [4.69, 9.17) is 9.15 Å². The Bertz CT molecular complexity index is 1030. The molecule has 8 nitrogen and oxygen atoms in total. The van der Waals surface area contributed by atoms with E-state index in [9.17, 15) is 9.59 Å². The van der Waals surface area contributed by atoms with Crippen LogP contribution in [0.5, 0.6) is 5.75 Å². The van der Waals surface area contributed by atoms with E-state index in [0.717, 1.165) is 31.9 Å². The lowest BCUT2D eigenvalue weighted by Crippen LogP contribution is -2.48. The van der Waals surface area contributed by atoms with Crippen LogP contribution in [0.4, 0.5) is 5.69 Å². The van der Waals surface area contributed by atoms with Gasteiger partial charge in [0.15, 0.2) is 0 Å². The van der Waals surface area contributed by atoms with Crippen LogP contribution in [0.2, 0.25) is 0 Å². The second-order valence-electron chi connectivity index (χ2n) is 6.61. The smallest absolute Gasteiger partial charge is 0.328 e. The van der Waals surface area contributed by atoms with Gasteiger partial charge in [0.05, 0.1) is 12.6 Å². The fourth-order valence-electron chi connectivity index (χ4n) is 3.45. The molecule has 0 atom stereocenters. The summed E-state index contributed by atoms with van der Waals surface area (Å²) in [5, 5.41) is 0.402. The molecule has 0 spiro atoms. The van der Waals surface area contributed by atoms with E-state index in [1.807, 2.05) is 12.1 Å². The zero-order valence-corrected chi connectivity index (χ0v) is 15.2. The number of ether oxygens (including phenoxy) is 1. The predicted molar refractivity (Wildman–Crippen MR) is 103 cm³/mol. The molecule has 27 heavy (non-hydrogen) atoms. The second-order valence-corrected chi connectivity index (χ2v) is 6.61. The van der Waals surface area contributed by atoms with Gasteiger partial charge < -0.3 is 19.0 Å². The summed E-state index contributed by atoms with van der Waals surface area (Å²) in [6.45, 7) is 4.58. The molecule has 1 saturated heterocycles. The molecule has 1 fully saturated rings. The van der Waals surface area contributed by atoms with Crippen LogP contribution in [0.15, 0.2) is 50.8 Å². The summed E-state index contributed by atoms with van der Waals surface area (Å²) >= 11 is 0. The summed E-state index contributed by atoms with van der Waals surface area (Å²) in [4.78, 5) is 31.8. The highest BCUT2D eigenvalue weighted by atomic mass is 16.5. The van der Waals surface area contributed by atoms with Gasteiger partial charge in [0.25, 0.3) is 5.56 Å². The van der Waals surface area contributed by atoms with Crippen molar-refractivity contribution in [2.24, 2.45) is 0 Å². The zero-order valence-electron chi connectivity index (χ0n) is 15.2. The largest absolute Gasteiger partial charge is 0.497 e. The third kappa shape index (κ3) is 3.48. The first-order chi connectivity index (χ1) is 13.2. The number of hydrogen-bond acceptors (Lipinski definition) is 6. The molecule has 2 aromatic heterocycles. The van der Waals surface area contributed by atoms with Crippen LogP contribution in [-0.2, 0) is 6.54 Å². The molecule has 0 saturated carbocycles. The molecule has 8 heteroatoms. The summed E-state index contributed by atoms with van der Waals surface area (Å²) in [6.07, 6.45) is 2.75. The second kappa shape index (κ2) is 7.32. The van der Waals surface area contributed by atoms with Gasteiger partial charge in [0.2, 0.25) is 0 Å². The number of rotatable bonds is 5. The number of aromatic nitrogens is 2. The molecule has 0 unspecified atom stereocenters. The van der Waals surface area contributed by atoms with E-state index in [1.54, 1.807) is 7.11 Å². The van der Waals surface area contributed by atoms with Crippen molar-refractivity contribution in [2.45, 2.75) is 6.54 Å². The van der Waals surface area contributed by atoms with E-state index >= 15 is 0 Å². The van der Waals surface area contributed by atoms with Gasteiger partial charge in [-0.2, -0.15) is 0 Å². The van der Waals surface area contributed by atoms with Crippen molar-refractivity contribution in [3.8, 4) is 5.75 Å². The number of piperazine rings is 1. The minimum absolute atomic E-state index is 0.306. The van der Waals surface area contributed by atoms with E-state index in [1.165, 1.54) is 22.8 Å². The third-order valence-corrected chi connectivity index (χ3v) is 5.07. The molecule has 142 valence electrons. The average molecular weight is 370 g/mol. The number of methoxy groups -OCH3 is 1. The molecule has 0 amide bonds. The molecule has 0 radical (unpaired) electrons. The van der Waals surface area contributed by atoms with E-state index in [2.05, 4.69) is 26.9 Å². The molecule has 1 N–H and O–H groups in total. The quantitative estimate of drug-likeness (QED) is 0.725. The van der Waals surface area contributed by atoms with E-state index < -0.39 is 5.69 Å². The van der Waals surface area contributed by atoms with Gasteiger partial charge in [-0.3, -0.25) is 14.3 Å². The highest BCUT2D eigenvalue weighted by molar-refractivity contribution is 5.75. The maximum absolute atomic E-state index is 12.4. The third-order valence-electron chi connectivity index (χ3n) is 5.07. The van der Waals surface area contributed by atoms with Crippen LogP contribution in [0, 0.1) is 0 Å². The van der Waals surface area contributed by atoms with Crippen LogP contribution < -0.4 is 20.9 Å². The van der Waals surface area contributed by atoms with Crippen molar-refractivity contribution in [1.82, 2.24) is 14.5 Å². The van der Waals surface area contributed by atoms with E-state index in [0.29, 0.717) is 24.0 Å². The number of nitrogens with zero attached hydrogens (tertiary/aromatic N) is 3. The van der Waals surface area contributed by atoms with Gasteiger partial charge in [-0.1, -0.05) is 0 Å². The number of hydrogen-bond donors (Lipinski definition) is 1. The Morgan fingerprint density at radius 1 is 1.04 bits per heavy atom. The van der Waals surface area contributed by atoms with Crippen molar-refractivity contribution < 1.29 is 9.15 Å². The normalized spacial score (nSPS) is 15.4. The molecule has 0 bridgehead atoms. The Morgan fingerprint density at radius 3 is 2.48 bits per heavy atom. The number of benzene rings is 1. The van der Waals surface area contributed by atoms with Crippen LogP contribution in [-0.4, -0.2) is 54.3 Å². The Morgan fingerprint density at radius 2 is 1.78 bits per heavy atom. The summed E-state index contributed by atoms with van der Waals surface area (Å²) in [7, 11) is 1.66. The SMILES string of the molecule is COc1ccc(N2CCN(CCn3c(=O)[nH]c4cocc4c3=O)CC2)cc1. The fourth-order valence-corrected chi connectivity index (χ4v) is 3.45. The first-order valence-electron chi connectivity index (χ1n) is 8.96. The maximum atomic E-state index is 12.4. The van der Waals surface area contributed by atoms with Gasteiger partial charge in [0.1, 0.15) is 23.7 Å². The van der Waals surface area contributed by atoms with Crippen LogP contribution in [0.25, 0.3) is 10.9 Å². The number of aromatic amines is 1. The summed E-state index contributed by atoms with van der Waals surface area (Å²) in [5.74, 6) is 0.850. The molecule has 3 aromatic rings. The van der Waals surface area contributed by atoms with Crippen molar-refractivity contribution in [1.29, 1.82) is 0 Å². The molecule has 0 aliphatic carbocycles. The van der Waals surface area contributed by atoms with E-state index in [-0.39, 0.29) is 5.56 Å². The summed E-state index contributed by atoms with van der Waals surface area (Å²) in [6, 6.07) is 8.06. The molecular weight excluding hydrogens is 348 g/mol. The number of H-pyrrole nitrogens is 1. The fraction of sp³-hybridized carbons (Fsp3) is 0.368. The molecule has 3 heterocycles. The van der Waals surface area contributed by atoms with Gasteiger partial charge >= 0.3 is 5.69 Å². The Balaban J connectivity index is 1.37. The highest BCUT2D eigenvalue weighted by Gasteiger charge is 2.18. The van der Waals surface area contributed by atoms with Crippen LogP contribution >= 0.6 is 0 Å². The van der Waals surface area contributed by atoms with Crippen molar-refractivity contribution in [3.05, 3.63) is 57.6 Å². The molecule has 1 aromatic carbocycles. The Hall–Kier alpha value is -3.00. The molecule has 4 rings (SSSR count). The molecular formula is C19H22N4O4. The average Bonchev–Trinajstić information content (AvgIpc) is 3.17. The number of furan rings is 1. The van der Waals surface area contributed by atoms with Crippen molar-refractivity contribution in [3.63, 3.8) is 0 Å². The Kier molecular flexibility index (Phi) is 4.72. The van der Waals surface area contributed by atoms with Crippen molar-refractivity contribution >= 4 is 16.6 Å². The monoisotopic (exact) mass is 370 g/mol. The van der Waals surface area contributed by atoms with Crippen molar-refractivity contribution in [2.75, 3.05) is 44.7 Å². The lowest BCUT2D eigenvalue weighted by Gasteiger charge is -2.36. The number of nitrogens with one attached hydrogen (secondary N) is 1. The Labute approximate surface area is 155 Å². The van der Waals surface area contributed by atoms with Gasteiger partial charge in [-0.25, -0.2) is 4.79 Å². The number of anilines is 1. The van der Waals surface area contributed by atoms with Gasteiger partial charge in [-0.15, -0.1) is 0 Å². The standard InChI is InChI=1S/C19H22N4O4/c1-26-15-4-2-14(3-5-15)22-9-6-21(7-10-22)8-11-23-18(24)16-12-27-13-17(16)20-19(23)25/h2-5,12-13H,6-11H2,1H3,(H,20,25). The number of fused-ring (bicyclic) bond motifs is 1. The van der Waals surface area contributed by atoms with Gasteiger partial charge in [-0.05, 0) is 24.3 Å².